The first-order valence-corrected chi connectivity index (χ1v) is 12.9. The number of carbonyl (C=O) groups is 2. The molecular weight excluding hydrogens is 536 g/mol. The van der Waals surface area contributed by atoms with Crippen LogP contribution in [0.25, 0.3) is 0 Å². The van der Waals surface area contributed by atoms with Gasteiger partial charge in [0.2, 0.25) is 0 Å². The molecule has 8 heteroatoms. The molecule has 7 nitrogen and oxygen atoms in total. The van der Waals surface area contributed by atoms with E-state index in [1.54, 1.807) is 42.5 Å². The van der Waals surface area contributed by atoms with Crippen LogP contribution in [-0.2, 0) is 4.79 Å². The molecule has 0 bridgehead atoms. The first-order chi connectivity index (χ1) is 17.8. The zero-order chi connectivity index (χ0) is 26.8. The molecule has 0 unspecified atom stereocenters. The Morgan fingerprint density at radius 2 is 1.76 bits per heavy atom. The van der Waals surface area contributed by atoms with Gasteiger partial charge in [-0.1, -0.05) is 48.8 Å². The summed E-state index contributed by atoms with van der Waals surface area (Å²) in [6, 6.07) is 17.8. The van der Waals surface area contributed by atoms with Gasteiger partial charge in [-0.2, -0.15) is 5.10 Å². The molecule has 194 valence electrons. The first kappa shape index (κ1) is 27.9. The van der Waals surface area contributed by atoms with Crippen molar-refractivity contribution < 1.29 is 23.8 Å². The molecule has 0 fully saturated rings. The molecular formula is C29H31BrN2O5. The van der Waals surface area contributed by atoms with Crippen LogP contribution in [-0.4, -0.2) is 31.3 Å². The van der Waals surface area contributed by atoms with Crippen molar-refractivity contribution in [3.8, 4) is 17.2 Å². The van der Waals surface area contributed by atoms with Gasteiger partial charge >= 0.3 is 5.97 Å². The van der Waals surface area contributed by atoms with E-state index in [4.69, 9.17) is 14.2 Å². The molecule has 0 aromatic heterocycles. The Balaban J connectivity index is 1.62. The van der Waals surface area contributed by atoms with E-state index in [2.05, 4.69) is 40.3 Å². The van der Waals surface area contributed by atoms with Crippen molar-refractivity contribution in [3.63, 3.8) is 0 Å². The molecule has 0 saturated heterocycles. The fraction of sp³-hybridized carbons (Fsp3) is 0.276. The number of hydrogen-bond donors (Lipinski definition) is 1. The molecule has 37 heavy (non-hydrogen) atoms. The molecule has 0 aliphatic rings. The number of benzene rings is 3. The smallest absolute Gasteiger partial charge is 0.343 e. The van der Waals surface area contributed by atoms with E-state index in [1.807, 2.05) is 32.0 Å². The predicted molar refractivity (Wildman–Crippen MR) is 148 cm³/mol. The van der Waals surface area contributed by atoms with Crippen molar-refractivity contribution in [2.24, 2.45) is 5.10 Å². The third-order valence-corrected chi connectivity index (χ3v) is 5.77. The van der Waals surface area contributed by atoms with Crippen molar-refractivity contribution in [3.05, 3.63) is 87.4 Å². The van der Waals surface area contributed by atoms with Crippen LogP contribution in [0.3, 0.4) is 0 Å². The number of hydrogen-bond acceptors (Lipinski definition) is 6. The lowest BCUT2D eigenvalue weighted by Gasteiger charge is -2.14. The largest absolute Gasteiger partial charge is 0.494 e. The van der Waals surface area contributed by atoms with Gasteiger partial charge in [-0.05, 0) is 78.9 Å². The van der Waals surface area contributed by atoms with Gasteiger partial charge in [0.25, 0.3) is 5.91 Å². The summed E-state index contributed by atoms with van der Waals surface area (Å²) in [7, 11) is 0. The lowest BCUT2D eigenvalue weighted by molar-refractivity contribution is -0.123. The van der Waals surface area contributed by atoms with Gasteiger partial charge in [0.1, 0.15) is 17.2 Å². The molecule has 3 aromatic carbocycles. The van der Waals surface area contributed by atoms with E-state index in [0.717, 1.165) is 22.0 Å². The van der Waals surface area contributed by atoms with Crippen LogP contribution in [0.4, 0.5) is 0 Å². The molecule has 0 aliphatic carbocycles. The normalized spacial score (nSPS) is 11.0. The highest BCUT2D eigenvalue weighted by Crippen LogP contribution is 2.27. The zero-order valence-corrected chi connectivity index (χ0v) is 23.0. The second kappa shape index (κ2) is 13.6. The van der Waals surface area contributed by atoms with Crippen molar-refractivity contribution in [2.45, 2.75) is 40.0 Å². The van der Waals surface area contributed by atoms with Gasteiger partial charge in [-0.25, -0.2) is 10.2 Å². The first-order valence-electron chi connectivity index (χ1n) is 12.1. The highest BCUT2D eigenvalue weighted by molar-refractivity contribution is 9.10. The zero-order valence-electron chi connectivity index (χ0n) is 21.4. The number of nitrogens with one attached hydrogen (secondary N) is 1. The minimum atomic E-state index is -0.518. The Kier molecular flexibility index (Phi) is 10.3. The summed E-state index contributed by atoms with van der Waals surface area (Å²) in [5, 5.41) is 4.02. The van der Waals surface area contributed by atoms with E-state index in [-0.39, 0.29) is 12.5 Å². The monoisotopic (exact) mass is 566 g/mol. The maximum Gasteiger partial charge on any atom is 0.343 e. The number of nitrogens with zero attached hydrogens (tertiary/aromatic N) is 1. The molecule has 0 heterocycles. The lowest BCUT2D eigenvalue weighted by atomic mass is 10.0. The second-order valence-corrected chi connectivity index (χ2v) is 9.64. The average Bonchev–Trinajstić information content (AvgIpc) is 2.87. The van der Waals surface area contributed by atoms with Crippen LogP contribution >= 0.6 is 15.9 Å². The molecule has 3 rings (SSSR count). The average molecular weight is 567 g/mol. The number of esters is 1. The number of aryl methyl sites for hydroxylation is 1. The van der Waals surface area contributed by atoms with Gasteiger partial charge in [0.05, 0.1) is 18.4 Å². The quantitative estimate of drug-likeness (QED) is 0.125. The number of ether oxygens (including phenoxy) is 3. The van der Waals surface area contributed by atoms with Crippen molar-refractivity contribution >= 4 is 34.0 Å². The summed E-state index contributed by atoms with van der Waals surface area (Å²) < 4.78 is 17.6. The summed E-state index contributed by atoms with van der Waals surface area (Å²) in [5.74, 6) is 1.01. The summed E-state index contributed by atoms with van der Waals surface area (Å²) in [5.41, 5.74) is 5.43. The van der Waals surface area contributed by atoms with Crippen molar-refractivity contribution in [2.75, 3.05) is 13.2 Å². The van der Waals surface area contributed by atoms with Crippen molar-refractivity contribution in [1.82, 2.24) is 5.43 Å². The van der Waals surface area contributed by atoms with Crippen LogP contribution in [0.1, 0.15) is 60.2 Å². The third kappa shape index (κ3) is 8.46. The Morgan fingerprint density at radius 3 is 2.46 bits per heavy atom. The number of amides is 1. The standard InChI is InChI=1S/C29H31BrN2O5/c1-5-14-35-24-10-7-21(8-11-24)29(34)37-26-13-9-23(30)16-22(26)17-31-32-28(33)18-36-27-15-20(4)6-12-25(27)19(2)3/h6-13,15-17,19H,5,14,18H2,1-4H3,(H,32,33)/b31-17+. The van der Waals surface area contributed by atoms with Gasteiger partial charge in [-0.3, -0.25) is 4.79 Å². The molecule has 0 spiro atoms. The fourth-order valence-corrected chi connectivity index (χ4v) is 3.75. The highest BCUT2D eigenvalue weighted by atomic mass is 79.9. The van der Waals surface area contributed by atoms with Crippen molar-refractivity contribution in [1.29, 1.82) is 0 Å². The Bertz CT molecular complexity index is 1260. The highest BCUT2D eigenvalue weighted by Gasteiger charge is 2.13. The maximum absolute atomic E-state index is 12.7. The summed E-state index contributed by atoms with van der Waals surface area (Å²) in [6.07, 6.45) is 2.32. The van der Waals surface area contributed by atoms with E-state index >= 15 is 0 Å². The third-order valence-electron chi connectivity index (χ3n) is 5.28. The Morgan fingerprint density at radius 1 is 1.00 bits per heavy atom. The van der Waals surface area contributed by atoms with Crippen LogP contribution < -0.4 is 19.6 Å². The second-order valence-electron chi connectivity index (χ2n) is 8.72. The van der Waals surface area contributed by atoms with E-state index in [1.165, 1.54) is 6.21 Å². The fourth-order valence-electron chi connectivity index (χ4n) is 3.37. The molecule has 3 aromatic rings. The molecule has 1 N–H and O–H groups in total. The number of halogens is 1. The minimum Gasteiger partial charge on any atom is -0.494 e. The lowest BCUT2D eigenvalue weighted by Crippen LogP contribution is -2.25. The predicted octanol–water partition coefficient (Wildman–Crippen LogP) is 6.42. The van der Waals surface area contributed by atoms with Crippen LogP contribution in [0, 0.1) is 6.92 Å². The summed E-state index contributed by atoms with van der Waals surface area (Å²) in [4.78, 5) is 25.0. The number of carbonyl (C=O) groups excluding carboxylic acids is 2. The SMILES string of the molecule is CCCOc1ccc(C(=O)Oc2ccc(Br)cc2/C=N/NC(=O)COc2cc(C)ccc2C(C)C)cc1. The van der Waals surface area contributed by atoms with Crippen LogP contribution in [0.2, 0.25) is 0 Å². The molecule has 0 saturated carbocycles. The Hall–Kier alpha value is -3.65. The Labute approximate surface area is 226 Å². The molecule has 0 atom stereocenters. The van der Waals surface area contributed by atoms with E-state index < -0.39 is 11.9 Å². The number of rotatable bonds is 11. The summed E-state index contributed by atoms with van der Waals surface area (Å²) >= 11 is 3.41. The van der Waals surface area contributed by atoms with Crippen LogP contribution in [0.15, 0.2) is 70.2 Å². The van der Waals surface area contributed by atoms with Gasteiger partial charge in [0.15, 0.2) is 6.61 Å². The topological polar surface area (TPSA) is 86.2 Å². The summed E-state index contributed by atoms with van der Waals surface area (Å²) in [6.45, 7) is 8.57. The van der Waals surface area contributed by atoms with Crippen LogP contribution in [0.5, 0.6) is 17.2 Å². The van der Waals surface area contributed by atoms with Gasteiger partial charge in [-0.15, -0.1) is 0 Å². The minimum absolute atomic E-state index is 0.182. The van der Waals surface area contributed by atoms with E-state index in [0.29, 0.717) is 35.0 Å². The van der Waals surface area contributed by atoms with Gasteiger partial charge in [0, 0.05) is 10.0 Å². The molecule has 0 aliphatic heterocycles. The molecule has 1 amide bonds. The maximum atomic E-state index is 12.7. The van der Waals surface area contributed by atoms with Gasteiger partial charge < -0.3 is 14.2 Å². The van der Waals surface area contributed by atoms with E-state index in [9.17, 15) is 9.59 Å². The number of hydrazone groups is 1. The molecule has 0 radical (unpaired) electrons.